The molecule has 2 aromatic rings. The summed E-state index contributed by atoms with van der Waals surface area (Å²) in [6, 6.07) is 10.9. The van der Waals surface area contributed by atoms with Crippen molar-refractivity contribution in [1.82, 2.24) is 14.7 Å². The van der Waals surface area contributed by atoms with Crippen LogP contribution in [0, 0.1) is 0 Å². The molecule has 1 aromatic heterocycles. The Morgan fingerprint density at radius 2 is 2.04 bits per heavy atom. The molecule has 6 heteroatoms. The van der Waals surface area contributed by atoms with Crippen LogP contribution in [0.25, 0.3) is 0 Å². The molecular formula is C18H19N5O. The van der Waals surface area contributed by atoms with Gasteiger partial charge < -0.3 is 0 Å². The van der Waals surface area contributed by atoms with Crippen LogP contribution in [0.5, 0.6) is 0 Å². The summed E-state index contributed by atoms with van der Waals surface area (Å²) in [5, 5.41) is 4.53. The lowest BCUT2D eigenvalue weighted by molar-refractivity contribution is 0.0864. The van der Waals surface area contributed by atoms with Gasteiger partial charge in [-0.25, -0.2) is 9.67 Å². The van der Waals surface area contributed by atoms with E-state index in [1.54, 1.807) is 11.1 Å². The second-order valence-corrected chi connectivity index (χ2v) is 6.75. The van der Waals surface area contributed by atoms with E-state index in [4.69, 9.17) is 4.99 Å². The highest BCUT2D eigenvalue weighted by Gasteiger charge is 2.48. The minimum absolute atomic E-state index is 0.0146. The van der Waals surface area contributed by atoms with Gasteiger partial charge in [0.1, 0.15) is 11.4 Å². The molecule has 2 aliphatic heterocycles. The maximum Gasteiger partial charge on any atom is 0.265 e. The van der Waals surface area contributed by atoms with Gasteiger partial charge in [-0.1, -0.05) is 30.3 Å². The summed E-state index contributed by atoms with van der Waals surface area (Å²) in [4.78, 5) is 21.5. The highest BCUT2D eigenvalue weighted by atomic mass is 16.2. The lowest BCUT2D eigenvalue weighted by Crippen LogP contribution is -2.51. The Bertz CT molecular complexity index is 840. The second kappa shape index (κ2) is 4.93. The van der Waals surface area contributed by atoms with E-state index in [0.29, 0.717) is 24.2 Å². The molecule has 0 radical (unpaired) electrons. The standard InChI is InChI=1S/C18H19N5O/c1-21-17(24)13-10-19-22(11-12-6-3-2-4-7-12)16(13)23-15-9-5-8-14(15)20-18(21)23/h2-4,6-7,10,14-15H,5,8-9,11H2,1H3. The van der Waals surface area contributed by atoms with Gasteiger partial charge in [-0.05, 0) is 24.8 Å². The zero-order valence-corrected chi connectivity index (χ0v) is 13.6. The smallest absolute Gasteiger partial charge is 0.265 e. The van der Waals surface area contributed by atoms with Crippen molar-refractivity contribution in [3.63, 3.8) is 0 Å². The molecule has 1 aromatic carbocycles. The van der Waals surface area contributed by atoms with Crippen LogP contribution in [-0.4, -0.2) is 45.7 Å². The molecule has 3 heterocycles. The first-order chi connectivity index (χ1) is 11.7. The summed E-state index contributed by atoms with van der Waals surface area (Å²) in [6.45, 7) is 0.661. The van der Waals surface area contributed by atoms with E-state index >= 15 is 0 Å². The van der Waals surface area contributed by atoms with Gasteiger partial charge in [0.05, 0.1) is 24.8 Å². The predicted octanol–water partition coefficient (Wildman–Crippen LogP) is 2.11. The largest absolute Gasteiger partial charge is 0.291 e. The Hall–Kier alpha value is -2.63. The van der Waals surface area contributed by atoms with Crippen LogP contribution in [0.4, 0.5) is 5.82 Å². The Morgan fingerprint density at radius 1 is 1.21 bits per heavy atom. The summed E-state index contributed by atoms with van der Waals surface area (Å²) in [7, 11) is 1.81. The van der Waals surface area contributed by atoms with E-state index in [2.05, 4.69) is 22.1 Å². The number of hydrogen-bond donors (Lipinski definition) is 0. The maximum atomic E-state index is 12.7. The summed E-state index contributed by atoms with van der Waals surface area (Å²) in [5.41, 5.74) is 1.86. The predicted molar refractivity (Wildman–Crippen MR) is 91.2 cm³/mol. The molecule has 1 fully saturated rings. The number of benzene rings is 1. The van der Waals surface area contributed by atoms with E-state index in [-0.39, 0.29) is 5.91 Å². The SMILES string of the molecule is CN1C(=O)c2cnn(Cc3ccccc3)c2N2C1=NC1CCCC12. The average Bonchev–Trinajstić information content (AvgIpc) is 3.28. The van der Waals surface area contributed by atoms with Crippen molar-refractivity contribution in [3.05, 3.63) is 47.7 Å². The number of fused-ring (bicyclic) bond motifs is 5. The van der Waals surface area contributed by atoms with Crippen LogP contribution in [0.3, 0.4) is 0 Å². The Labute approximate surface area is 140 Å². The van der Waals surface area contributed by atoms with E-state index < -0.39 is 0 Å². The minimum atomic E-state index is -0.0146. The number of carbonyl (C=O) groups is 1. The molecule has 5 rings (SSSR count). The van der Waals surface area contributed by atoms with E-state index in [0.717, 1.165) is 24.6 Å². The van der Waals surface area contributed by atoms with Gasteiger partial charge in [-0.15, -0.1) is 0 Å². The number of rotatable bonds is 2. The molecule has 2 unspecified atom stereocenters. The molecule has 122 valence electrons. The molecule has 0 N–H and O–H groups in total. The number of anilines is 1. The third-order valence-corrected chi connectivity index (χ3v) is 5.32. The number of nitrogens with zero attached hydrogens (tertiary/aromatic N) is 5. The third-order valence-electron chi connectivity index (χ3n) is 5.32. The van der Waals surface area contributed by atoms with Gasteiger partial charge in [-0.2, -0.15) is 5.10 Å². The first-order valence-electron chi connectivity index (χ1n) is 8.49. The molecule has 1 saturated carbocycles. The van der Waals surface area contributed by atoms with Gasteiger partial charge in [-0.3, -0.25) is 14.6 Å². The Morgan fingerprint density at radius 3 is 2.88 bits per heavy atom. The minimum Gasteiger partial charge on any atom is -0.291 e. The molecule has 0 spiro atoms. The maximum absolute atomic E-state index is 12.7. The van der Waals surface area contributed by atoms with Crippen molar-refractivity contribution in [2.75, 3.05) is 11.9 Å². The van der Waals surface area contributed by atoms with Crippen molar-refractivity contribution in [1.29, 1.82) is 0 Å². The molecule has 6 nitrogen and oxygen atoms in total. The normalized spacial score (nSPS) is 24.7. The zero-order valence-electron chi connectivity index (χ0n) is 13.6. The van der Waals surface area contributed by atoms with Crippen LogP contribution in [0.15, 0.2) is 41.5 Å². The Balaban J connectivity index is 1.62. The van der Waals surface area contributed by atoms with E-state index in [1.807, 2.05) is 29.9 Å². The van der Waals surface area contributed by atoms with Crippen LogP contribution < -0.4 is 4.90 Å². The van der Waals surface area contributed by atoms with Crippen molar-refractivity contribution >= 4 is 17.7 Å². The fourth-order valence-corrected chi connectivity index (χ4v) is 4.16. The van der Waals surface area contributed by atoms with Crippen LogP contribution in [0.1, 0.15) is 35.2 Å². The van der Waals surface area contributed by atoms with Crippen LogP contribution >= 0.6 is 0 Å². The van der Waals surface area contributed by atoms with Crippen LogP contribution in [0.2, 0.25) is 0 Å². The first kappa shape index (κ1) is 13.8. The molecule has 2 atom stereocenters. The first-order valence-corrected chi connectivity index (χ1v) is 8.49. The molecular weight excluding hydrogens is 302 g/mol. The Kier molecular flexibility index (Phi) is 2.83. The molecule has 24 heavy (non-hydrogen) atoms. The molecule has 1 amide bonds. The quantitative estimate of drug-likeness (QED) is 0.851. The lowest BCUT2D eigenvalue weighted by Gasteiger charge is -2.35. The number of guanidine groups is 1. The lowest BCUT2D eigenvalue weighted by atomic mass is 10.1. The van der Waals surface area contributed by atoms with Crippen molar-refractivity contribution < 1.29 is 4.79 Å². The number of carbonyl (C=O) groups excluding carboxylic acids is 1. The summed E-state index contributed by atoms with van der Waals surface area (Å²) in [6.07, 6.45) is 5.13. The monoisotopic (exact) mass is 321 g/mol. The number of aromatic nitrogens is 2. The van der Waals surface area contributed by atoms with Crippen molar-refractivity contribution in [2.24, 2.45) is 4.99 Å². The number of hydrogen-bond acceptors (Lipinski definition) is 4. The molecule has 3 aliphatic rings. The van der Waals surface area contributed by atoms with Gasteiger partial charge in [0, 0.05) is 7.05 Å². The molecule has 0 saturated heterocycles. The topological polar surface area (TPSA) is 53.7 Å². The van der Waals surface area contributed by atoms with E-state index in [1.165, 1.54) is 12.0 Å². The fourth-order valence-electron chi connectivity index (χ4n) is 4.16. The second-order valence-electron chi connectivity index (χ2n) is 6.75. The fraction of sp³-hybridized carbons (Fsp3) is 0.389. The van der Waals surface area contributed by atoms with Gasteiger partial charge >= 0.3 is 0 Å². The number of amides is 1. The number of aliphatic imine (C=N–C) groups is 1. The van der Waals surface area contributed by atoms with Crippen molar-refractivity contribution in [2.45, 2.75) is 37.9 Å². The van der Waals surface area contributed by atoms with Gasteiger partial charge in [0.2, 0.25) is 5.96 Å². The average molecular weight is 321 g/mol. The molecule has 1 aliphatic carbocycles. The summed E-state index contributed by atoms with van der Waals surface area (Å²) in [5.74, 6) is 1.69. The highest BCUT2D eigenvalue weighted by molar-refractivity contribution is 6.18. The summed E-state index contributed by atoms with van der Waals surface area (Å²) >= 11 is 0. The van der Waals surface area contributed by atoms with Gasteiger partial charge in [0.15, 0.2) is 0 Å². The molecule has 0 bridgehead atoms. The highest BCUT2D eigenvalue weighted by Crippen LogP contribution is 2.40. The zero-order chi connectivity index (χ0) is 16.3. The van der Waals surface area contributed by atoms with Gasteiger partial charge in [0.25, 0.3) is 5.91 Å². The third kappa shape index (κ3) is 1.79. The van der Waals surface area contributed by atoms with E-state index in [9.17, 15) is 4.79 Å². The summed E-state index contributed by atoms with van der Waals surface area (Å²) < 4.78 is 1.95. The van der Waals surface area contributed by atoms with Crippen molar-refractivity contribution in [3.8, 4) is 0 Å². The van der Waals surface area contributed by atoms with Crippen LogP contribution in [-0.2, 0) is 6.54 Å².